The van der Waals surface area contributed by atoms with Crippen molar-refractivity contribution in [3.63, 3.8) is 0 Å². The molecule has 0 aliphatic heterocycles. The van der Waals surface area contributed by atoms with Crippen LogP contribution < -0.4 is 14.2 Å². The van der Waals surface area contributed by atoms with Crippen LogP contribution in [-0.2, 0) is 9.53 Å². The Hall–Kier alpha value is -2.44. The monoisotopic (exact) mass is 311 g/mol. The summed E-state index contributed by atoms with van der Waals surface area (Å²) in [5, 5.41) is 0. The van der Waals surface area contributed by atoms with Crippen LogP contribution >= 0.6 is 0 Å². The van der Waals surface area contributed by atoms with Crippen LogP contribution in [0.5, 0.6) is 17.2 Å². The molecular weight excluding hydrogens is 290 g/mol. The van der Waals surface area contributed by atoms with Crippen LogP contribution in [0.1, 0.15) is 17.3 Å². The van der Waals surface area contributed by atoms with Gasteiger partial charge in [-0.15, -0.1) is 0 Å². The second kappa shape index (κ2) is 7.53. The van der Waals surface area contributed by atoms with Gasteiger partial charge in [0.1, 0.15) is 11.3 Å². The highest BCUT2D eigenvalue weighted by Gasteiger charge is 2.24. The van der Waals surface area contributed by atoms with E-state index in [0.29, 0.717) is 11.5 Å². The van der Waals surface area contributed by atoms with Crippen molar-refractivity contribution >= 4 is 11.9 Å². The first-order chi connectivity index (χ1) is 10.3. The molecule has 0 saturated heterocycles. The molecule has 0 aliphatic rings. The van der Waals surface area contributed by atoms with Crippen molar-refractivity contribution in [3.8, 4) is 17.2 Å². The van der Waals surface area contributed by atoms with E-state index < -0.39 is 12.1 Å². The highest BCUT2D eigenvalue weighted by Crippen LogP contribution is 2.35. The summed E-state index contributed by atoms with van der Waals surface area (Å²) in [6.45, 7) is 1.51. The molecule has 0 N–H and O–H groups in total. The van der Waals surface area contributed by atoms with Crippen molar-refractivity contribution in [1.82, 2.24) is 4.90 Å². The molecule has 7 nitrogen and oxygen atoms in total. The number of esters is 1. The van der Waals surface area contributed by atoms with E-state index in [4.69, 9.17) is 18.9 Å². The second-order valence-corrected chi connectivity index (χ2v) is 4.69. The predicted molar refractivity (Wildman–Crippen MR) is 79.7 cm³/mol. The van der Waals surface area contributed by atoms with Gasteiger partial charge in [-0.1, -0.05) is 0 Å². The van der Waals surface area contributed by atoms with Crippen LogP contribution in [0.2, 0.25) is 0 Å². The number of hydrogen-bond donors (Lipinski definition) is 0. The predicted octanol–water partition coefficient (Wildman–Crippen LogP) is 1.35. The maximum absolute atomic E-state index is 12.3. The quantitative estimate of drug-likeness (QED) is 0.738. The van der Waals surface area contributed by atoms with E-state index in [2.05, 4.69) is 0 Å². The number of rotatable bonds is 6. The van der Waals surface area contributed by atoms with Crippen molar-refractivity contribution in [2.24, 2.45) is 0 Å². The third-order valence-corrected chi connectivity index (χ3v) is 3.00. The lowest BCUT2D eigenvalue weighted by Crippen LogP contribution is -2.35. The fraction of sp³-hybridized carbons (Fsp3) is 0.467. The number of carbonyl (C=O) groups is 2. The zero-order valence-corrected chi connectivity index (χ0v) is 13.6. The average molecular weight is 311 g/mol. The Morgan fingerprint density at radius 2 is 1.45 bits per heavy atom. The molecule has 7 heteroatoms. The lowest BCUT2D eigenvalue weighted by atomic mass is 10.1. The summed E-state index contributed by atoms with van der Waals surface area (Å²) in [5.74, 6) is 0.0654. The molecule has 0 aromatic heterocycles. The SMILES string of the molecule is COc1cc(OC)c(C(=O)O[C@@H](C)C(=O)N(C)C)cc1OC. The van der Waals surface area contributed by atoms with Gasteiger partial charge in [-0.25, -0.2) is 4.79 Å². The molecule has 1 rings (SSSR count). The minimum Gasteiger partial charge on any atom is -0.496 e. The summed E-state index contributed by atoms with van der Waals surface area (Å²) >= 11 is 0. The van der Waals surface area contributed by atoms with E-state index in [1.807, 2.05) is 0 Å². The van der Waals surface area contributed by atoms with Gasteiger partial charge < -0.3 is 23.8 Å². The number of benzene rings is 1. The Kier molecular flexibility index (Phi) is 6.03. The van der Waals surface area contributed by atoms with Gasteiger partial charge in [-0.2, -0.15) is 0 Å². The number of hydrogen-bond acceptors (Lipinski definition) is 6. The van der Waals surface area contributed by atoms with Gasteiger partial charge in [0.2, 0.25) is 0 Å². The summed E-state index contributed by atoms with van der Waals surface area (Å²) < 4.78 is 20.6. The van der Waals surface area contributed by atoms with E-state index >= 15 is 0 Å². The van der Waals surface area contributed by atoms with Crippen molar-refractivity contribution in [2.45, 2.75) is 13.0 Å². The van der Waals surface area contributed by atoms with Crippen LogP contribution in [0.25, 0.3) is 0 Å². The maximum atomic E-state index is 12.3. The van der Waals surface area contributed by atoms with Gasteiger partial charge in [0.05, 0.1) is 21.3 Å². The molecule has 122 valence electrons. The van der Waals surface area contributed by atoms with Crippen LogP contribution in [0.3, 0.4) is 0 Å². The Balaban J connectivity index is 3.09. The smallest absolute Gasteiger partial charge is 0.342 e. The van der Waals surface area contributed by atoms with Gasteiger partial charge in [0.25, 0.3) is 5.91 Å². The van der Waals surface area contributed by atoms with Crippen LogP contribution in [0.4, 0.5) is 0 Å². The van der Waals surface area contributed by atoms with Crippen molar-refractivity contribution in [3.05, 3.63) is 17.7 Å². The molecule has 0 spiro atoms. The summed E-state index contributed by atoms with van der Waals surface area (Å²) in [6, 6.07) is 2.97. The lowest BCUT2D eigenvalue weighted by molar-refractivity contribution is -0.137. The van der Waals surface area contributed by atoms with Gasteiger partial charge in [-0.05, 0) is 6.92 Å². The number of likely N-dealkylation sites (N-methyl/N-ethyl adjacent to an activating group) is 1. The lowest BCUT2D eigenvalue weighted by Gasteiger charge is -2.18. The Morgan fingerprint density at radius 1 is 0.955 bits per heavy atom. The molecule has 0 saturated carbocycles. The summed E-state index contributed by atoms with van der Waals surface area (Å²) in [4.78, 5) is 25.4. The Labute approximate surface area is 129 Å². The Morgan fingerprint density at radius 3 is 1.91 bits per heavy atom. The molecule has 0 fully saturated rings. The van der Waals surface area contributed by atoms with E-state index in [-0.39, 0.29) is 17.2 Å². The first-order valence-electron chi connectivity index (χ1n) is 6.57. The van der Waals surface area contributed by atoms with Crippen molar-refractivity contribution < 1.29 is 28.5 Å². The summed E-state index contributed by atoms with van der Waals surface area (Å²) in [6.07, 6.45) is -0.902. The molecular formula is C15H21NO6. The standard InChI is InChI=1S/C15H21NO6/c1-9(14(17)16(2)3)22-15(18)10-7-12(20-5)13(21-6)8-11(10)19-4/h7-9H,1-6H3/t9-/m0/s1. The topological polar surface area (TPSA) is 74.3 Å². The minimum absolute atomic E-state index is 0.151. The first-order valence-corrected chi connectivity index (χ1v) is 6.57. The largest absolute Gasteiger partial charge is 0.496 e. The molecule has 1 amide bonds. The fourth-order valence-corrected chi connectivity index (χ4v) is 1.83. The fourth-order valence-electron chi connectivity index (χ4n) is 1.83. The number of carbonyl (C=O) groups excluding carboxylic acids is 2. The van der Waals surface area contributed by atoms with Crippen LogP contribution in [0, 0.1) is 0 Å². The molecule has 1 atom stereocenters. The van der Waals surface area contributed by atoms with E-state index in [1.165, 1.54) is 45.3 Å². The highest BCUT2D eigenvalue weighted by molar-refractivity contribution is 5.95. The second-order valence-electron chi connectivity index (χ2n) is 4.69. The van der Waals surface area contributed by atoms with Crippen molar-refractivity contribution in [1.29, 1.82) is 0 Å². The van der Waals surface area contributed by atoms with Crippen LogP contribution in [0.15, 0.2) is 12.1 Å². The van der Waals surface area contributed by atoms with Crippen LogP contribution in [-0.4, -0.2) is 58.3 Å². The van der Waals surface area contributed by atoms with E-state index in [9.17, 15) is 9.59 Å². The third-order valence-electron chi connectivity index (χ3n) is 3.00. The first kappa shape index (κ1) is 17.6. The molecule has 1 aromatic rings. The molecule has 0 radical (unpaired) electrons. The summed E-state index contributed by atoms with van der Waals surface area (Å²) in [7, 11) is 7.53. The third kappa shape index (κ3) is 3.81. The normalized spacial score (nSPS) is 11.4. The average Bonchev–Trinajstić information content (AvgIpc) is 2.52. The van der Waals surface area contributed by atoms with Gasteiger partial charge >= 0.3 is 5.97 Å². The number of nitrogens with zero attached hydrogens (tertiary/aromatic N) is 1. The molecule has 0 aliphatic carbocycles. The van der Waals surface area contributed by atoms with Crippen molar-refractivity contribution in [2.75, 3.05) is 35.4 Å². The molecule has 0 heterocycles. The Bertz CT molecular complexity index is 555. The number of ether oxygens (including phenoxy) is 4. The molecule has 1 aromatic carbocycles. The van der Waals surface area contributed by atoms with E-state index in [0.717, 1.165) is 0 Å². The summed E-state index contributed by atoms with van der Waals surface area (Å²) in [5.41, 5.74) is 0.151. The highest BCUT2D eigenvalue weighted by atomic mass is 16.6. The number of methoxy groups -OCH3 is 3. The van der Waals surface area contributed by atoms with Gasteiger partial charge in [0, 0.05) is 26.2 Å². The molecule has 0 unspecified atom stereocenters. The zero-order chi connectivity index (χ0) is 16.9. The van der Waals surface area contributed by atoms with Gasteiger partial charge in [0.15, 0.2) is 17.6 Å². The maximum Gasteiger partial charge on any atom is 0.342 e. The minimum atomic E-state index is -0.902. The molecule has 0 bridgehead atoms. The van der Waals surface area contributed by atoms with E-state index in [1.54, 1.807) is 14.1 Å². The van der Waals surface area contributed by atoms with Gasteiger partial charge in [-0.3, -0.25) is 4.79 Å². The molecule has 22 heavy (non-hydrogen) atoms. The number of amides is 1. The zero-order valence-electron chi connectivity index (χ0n) is 13.6.